The van der Waals surface area contributed by atoms with E-state index in [1.165, 1.54) is 0 Å². The van der Waals surface area contributed by atoms with E-state index in [2.05, 4.69) is 13.8 Å². The van der Waals surface area contributed by atoms with Crippen molar-refractivity contribution in [1.29, 1.82) is 0 Å². The Kier molecular flexibility index (Phi) is 6.40. The standard InChI is InChI=1S/C19H28O4P/c1-14(2)10-13-24(21)19(11-5-6-12-19)18(20)17-15(22-3)8-7-9-16(17)23-4/h7-9,14H,5-6,10-13H2,1-4H3. The lowest BCUT2D eigenvalue weighted by molar-refractivity contribution is 0.0934. The van der Waals surface area contributed by atoms with Crippen molar-refractivity contribution in [3.05, 3.63) is 23.8 Å². The molecule has 133 valence electrons. The van der Waals surface area contributed by atoms with Crippen LogP contribution in [0, 0.1) is 5.92 Å². The fraction of sp³-hybridized carbons (Fsp3) is 0.632. The van der Waals surface area contributed by atoms with Crippen LogP contribution in [0.15, 0.2) is 18.2 Å². The number of carbonyl (C=O) groups is 1. The van der Waals surface area contributed by atoms with Gasteiger partial charge in [0, 0.05) is 6.16 Å². The first-order valence-corrected chi connectivity index (χ1v) is 10.1. The van der Waals surface area contributed by atoms with Crippen LogP contribution in [-0.4, -0.2) is 31.3 Å². The molecule has 1 radical (unpaired) electrons. The molecule has 2 rings (SSSR count). The van der Waals surface area contributed by atoms with E-state index in [0.29, 0.717) is 42.0 Å². The Hall–Kier alpha value is -1.41. The molecule has 0 aliphatic heterocycles. The van der Waals surface area contributed by atoms with Gasteiger partial charge in [0.15, 0.2) is 5.78 Å². The van der Waals surface area contributed by atoms with E-state index in [4.69, 9.17) is 9.47 Å². The topological polar surface area (TPSA) is 52.6 Å². The summed E-state index contributed by atoms with van der Waals surface area (Å²) in [7, 11) is 1.49. The minimum absolute atomic E-state index is 0.0702. The molecule has 0 amide bonds. The van der Waals surface area contributed by atoms with Gasteiger partial charge in [0.1, 0.15) is 22.2 Å². The Bertz CT molecular complexity index is 581. The van der Waals surface area contributed by atoms with Crippen molar-refractivity contribution in [2.75, 3.05) is 20.4 Å². The maximum atomic E-state index is 13.5. The molecule has 4 nitrogen and oxygen atoms in total. The maximum absolute atomic E-state index is 13.5. The normalized spacial score (nSPS) is 17.0. The van der Waals surface area contributed by atoms with Gasteiger partial charge in [0.25, 0.3) is 0 Å². The second-order valence-electron chi connectivity index (χ2n) is 6.89. The highest BCUT2D eigenvalue weighted by Gasteiger charge is 2.48. The van der Waals surface area contributed by atoms with Gasteiger partial charge < -0.3 is 9.47 Å². The molecule has 0 bridgehead atoms. The van der Waals surface area contributed by atoms with Gasteiger partial charge in [-0.25, -0.2) is 0 Å². The van der Waals surface area contributed by atoms with E-state index in [0.717, 1.165) is 19.3 Å². The van der Waals surface area contributed by atoms with Crippen molar-refractivity contribution in [1.82, 2.24) is 0 Å². The van der Waals surface area contributed by atoms with Crippen LogP contribution in [0.5, 0.6) is 11.5 Å². The molecule has 1 unspecified atom stereocenters. The Morgan fingerprint density at radius 1 is 1.17 bits per heavy atom. The number of rotatable bonds is 8. The minimum atomic E-state index is -1.61. The fourth-order valence-electron chi connectivity index (χ4n) is 3.45. The number of ether oxygens (including phenoxy) is 2. The van der Waals surface area contributed by atoms with Crippen molar-refractivity contribution in [3.8, 4) is 11.5 Å². The third-order valence-corrected chi connectivity index (χ3v) is 7.16. The lowest BCUT2D eigenvalue weighted by Crippen LogP contribution is -2.33. The zero-order valence-corrected chi connectivity index (χ0v) is 16.0. The molecule has 0 heterocycles. The molecule has 5 heteroatoms. The average Bonchev–Trinajstić information content (AvgIpc) is 3.09. The van der Waals surface area contributed by atoms with E-state index < -0.39 is 13.0 Å². The van der Waals surface area contributed by atoms with E-state index in [1.807, 2.05) is 0 Å². The lowest BCUT2D eigenvalue weighted by atomic mass is 9.93. The minimum Gasteiger partial charge on any atom is -0.496 e. The van der Waals surface area contributed by atoms with Crippen molar-refractivity contribution in [2.45, 2.75) is 51.1 Å². The first kappa shape index (κ1) is 18.9. The molecule has 1 atom stereocenters. The molecular weight excluding hydrogens is 323 g/mol. The van der Waals surface area contributed by atoms with Crippen LogP contribution in [-0.2, 0) is 4.57 Å². The Morgan fingerprint density at radius 3 is 2.17 bits per heavy atom. The lowest BCUT2D eigenvalue weighted by Gasteiger charge is -2.28. The first-order valence-electron chi connectivity index (χ1n) is 8.67. The average molecular weight is 351 g/mol. The number of methoxy groups -OCH3 is 2. The fourth-order valence-corrected chi connectivity index (χ4v) is 5.78. The van der Waals surface area contributed by atoms with Gasteiger partial charge >= 0.3 is 0 Å². The third-order valence-electron chi connectivity index (χ3n) is 4.90. The quantitative estimate of drug-likeness (QED) is 0.484. The van der Waals surface area contributed by atoms with Gasteiger partial charge in [-0.15, -0.1) is 0 Å². The van der Waals surface area contributed by atoms with Crippen molar-refractivity contribution >= 4 is 13.6 Å². The summed E-state index contributed by atoms with van der Waals surface area (Å²) in [4.78, 5) is 13.5. The highest BCUT2D eigenvalue weighted by Crippen LogP contribution is 2.54. The number of carbonyl (C=O) groups excluding carboxylic acids is 1. The number of benzene rings is 1. The highest BCUT2D eigenvalue weighted by atomic mass is 31.1. The summed E-state index contributed by atoms with van der Waals surface area (Å²) in [5.41, 5.74) is 0.442. The molecule has 1 saturated carbocycles. The third kappa shape index (κ3) is 3.64. The van der Waals surface area contributed by atoms with Crippen LogP contribution < -0.4 is 9.47 Å². The predicted octanol–water partition coefficient (Wildman–Crippen LogP) is 5.07. The first-order chi connectivity index (χ1) is 11.5. The van der Waals surface area contributed by atoms with Gasteiger partial charge in [-0.3, -0.25) is 9.36 Å². The van der Waals surface area contributed by atoms with Gasteiger partial charge in [0.05, 0.1) is 22.0 Å². The number of ketones is 1. The van der Waals surface area contributed by atoms with Crippen LogP contribution in [0.2, 0.25) is 0 Å². The summed E-state index contributed by atoms with van der Waals surface area (Å²) in [6.45, 7) is 4.24. The van der Waals surface area contributed by atoms with Crippen LogP contribution in [0.4, 0.5) is 0 Å². The van der Waals surface area contributed by atoms with Crippen LogP contribution in [0.25, 0.3) is 0 Å². The van der Waals surface area contributed by atoms with Crippen LogP contribution in [0.3, 0.4) is 0 Å². The molecular formula is C19H28O4P. The molecule has 1 aromatic carbocycles. The smallest absolute Gasteiger partial charge is 0.187 e. The van der Waals surface area contributed by atoms with Crippen molar-refractivity contribution in [2.24, 2.45) is 5.92 Å². The van der Waals surface area contributed by atoms with E-state index in [-0.39, 0.29) is 5.78 Å². The zero-order valence-electron chi connectivity index (χ0n) is 15.1. The molecule has 1 fully saturated rings. The SMILES string of the molecule is COc1cccc(OC)c1C(=O)C1([P](=O)CCC(C)C)CCCC1. The summed E-state index contributed by atoms with van der Waals surface area (Å²) in [5.74, 6) is 1.41. The molecule has 1 aliphatic rings. The Morgan fingerprint density at radius 2 is 1.71 bits per heavy atom. The van der Waals surface area contributed by atoms with Crippen molar-refractivity contribution in [3.63, 3.8) is 0 Å². The molecule has 1 aliphatic carbocycles. The number of Topliss-reactive ketones (excluding diaryl/α,β-unsaturated/α-hetero) is 1. The molecule has 0 N–H and O–H groups in total. The molecule has 0 aromatic heterocycles. The number of hydrogen-bond donors (Lipinski definition) is 0. The molecule has 24 heavy (non-hydrogen) atoms. The summed E-state index contributed by atoms with van der Waals surface area (Å²) >= 11 is 0. The summed E-state index contributed by atoms with van der Waals surface area (Å²) in [6.07, 6.45) is 4.78. The predicted molar refractivity (Wildman–Crippen MR) is 97.0 cm³/mol. The molecule has 0 spiro atoms. The summed E-state index contributed by atoms with van der Waals surface area (Å²) in [5, 5.41) is -0.758. The van der Waals surface area contributed by atoms with Crippen molar-refractivity contribution < 1.29 is 18.8 Å². The van der Waals surface area contributed by atoms with E-state index in [1.54, 1.807) is 32.4 Å². The Balaban J connectivity index is 2.42. The molecule has 0 saturated heterocycles. The molecule has 1 aromatic rings. The largest absolute Gasteiger partial charge is 0.496 e. The van der Waals surface area contributed by atoms with Crippen LogP contribution in [0.1, 0.15) is 56.3 Å². The van der Waals surface area contributed by atoms with Gasteiger partial charge in [-0.05, 0) is 37.3 Å². The van der Waals surface area contributed by atoms with E-state index >= 15 is 0 Å². The maximum Gasteiger partial charge on any atom is 0.187 e. The monoisotopic (exact) mass is 351 g/mol. The van der Waals surface area contributed by atoms with E-state index in [9.17, 15) is 9.36 Å². The number of hydrogen-bond acceptors (Lipinski definition) is 4. The second kappa shape index (κ2) is 8.11. The van der Waals surface area contributed by atoms with Gasteiger partial charge in [0.2, 0.25) is 0 Å². The second-order valence-corrected chi connectivity index (χ2v) is 8.95. The zero-order chi connectivity index (χ0) is 17.7. The summed E-state index contributed by atoms with van der Waals surface area (Å²) in [6, 6.07) is 5.33. The van der Waals surface area contributed by atoms with Gasteiger partial charge in [-0.1, -0.05) is 32.8 Å². The van der Waals surface area contributed by atoms with Gasteiger partial charge in [-0.2, -0.15) is 0 Å². The summed E-state index contributed by atoms with van der Waals surface area (Å²) < 4.78 is 23.9. The highest BCUT2D eigenvalue weighted by molar-refractivity contribution is 7.48. The van der Waals surface area contributed by atoms with Crippen LogP contribution >= 0.6 is 7.80 Å². The Labute approximate surface area is 145 Å².